The maximum atomic E-state index is 11.8. The predicted molar refractivity (Wildman–Crippen MR) is 124 cm³/mol. The maximum absolute atomic E-state index is 11.8. The van der Waals surface area contributed by atoms with Crippen molar-refractivity contribution in [3.63, 3.8) is 0 Å². The number of Topliss-reactive ketones (excluding diaryl/α,β-unsaturated/α-hetero) is 1. The summed E-state index contributed by atoms with van der Waals surface area (Å²) in [6.45, 7) is 7.27. The zero-order valence-corrected chi connectivity index (χ0v) is 19.1. The van der Waals surface area contributed by atoms with Crippen molar-refractivity contribution in [2.75, 3.05) is 0 Å². The number of ketones is 1. The molecule has 1 fully saturated rings. The van der Waals surface area contributed by atoms with E-state index in [9.17, 15) is 4.79 Å². The summed E-state index contributed by atoms with van der Waals surface area (Å²) in [6, 6.07) is 5.94. The van der Waals surface area contributed by atoms with E-state index in [1.807, 2.05) is 38.3 Å². The summed E-state index contributed by atoms with van der Waals surface area (Å²) in [5.41, 5.74) is 5.32. The Kier molecular flexibility index (Phi) is 6.05. The molecule has 0 aliphatic heterocycles. The fraction of sp³-hybridized carbons (Fsp3) is 0.360. The largest absolute Gasteiger partial charge is 0.448 e. The Labute approximate surface area is 187 Å². The van der Waals surface area contributed by atoms with Crippen LogP contribution in [0.3, 0.4) is 0 Å². The van der Waals surface area contributed by atoms with Crippen LogP contribution in [0.25, 0.3) is 11.3 Å². The molecule has 0 radical (unpaired) electrons. The van der Waals surface area contributed by atoms with Crippen LogP contribution in [0, 0.1) is 6.92 Å². The van der Waals surface area contributed by atoms with E-state index >= 15 is 0 Å². The number of ether oxygens (including phenoxy) is 1. The highest BCUT2D eigenvalue weighted by Gasteiger charge is 2.24. The Morgan fingerprint density at radius 2 is 1.97 bits per heavy atom. The summed E-state index contributed by atoms with van der Waals surface area (Å²) in [6.07, 6.45) is 7.63. The predicted octanol–water partition coefficient (Wildman–Crippen LogP) is 6.63. The van der Waals surface area contributed by atoms with Crippen LogP contribution < -0.4 is 0 Å². The molecule has 0 aromatic carbocycles. The van der Waals surface area contributed by atoms with Crippen LogP contribution in [-0.4, -0.2) is 21.6 Å². The lowest BCUT2D eigenvalue weighted by Gasteiger charge is -2.17. The molecule has 2 aliphatic rings. The van der Waals surface area contributed by atoms with Gasteiger partial charge in [-0.15, -0.1) is 0 Å². The third-order valence-electron chi connectivity index (χ3n) is 5.63. The van der Waals surface area contributed by atoms with Crippen molar-refractivity contribution in [2.45, 2.75) is 59.3 Å². The van der Waals surface area contributed by atoms with Crippen molar-refractivity contribution in [3.05, 3.63) is 63.7 Å². The van der Waals surface area contributed by atoms with Gasteiger partial charge in [0.25, 0.3) is 0 Å². The lowest BCUT2D eigenvalue weighted by Crippen LogP contribution is -2.08. The lowest BCUT2D eigenvalue weighted by molar-refractivity contribution is -0.113. The molecule has 0 unspecified atom stereocenters. The van der Waals surface area contributed by atoms with Crippen molar-refractivity contribution in [2.24, 2.45) is 4.99 Å². The highest BCUT2D eigenvalue weighted by Crippen LogP contribution is 2.39. The third-order valence-corrected chi connectivity index (χ3v) is 5.92. The number of pyridine rings is 2. The molecular formula is C25H26ClN3O2. The van der Waals surface area contributed by atoms with Gasteiger partial charge in [0.15, 0.2) is 17.5 Å². The molecule has 0 saturated heterocycles. The van der Waals surface area contributed by atoms with E-state index in [1.165, 1.54) is 12.8 Å². The Bertz CT molecular complexity index is 1130. The number of aliphatic imine (C=N–C) groups is 1. The minimum Gasteiger partial charge on any atom is -0.448 e. The van der Waals surface area contributed by atoms with Crippen LogP contribution in [0.5, 0.6) is 0 Å². The second kappa shape index (κ2) is 8.75. The van der Waals surface area contributed by atoms with Crippen LogP contribution in [0.1, 0.15) is 63.6 Å². The van der Waals surface area contributed by atoms with Crippen molar-refractivity contribution >= 4 is 29.1 Å². The van der Waals surface area contributed by atoms with Gasteiger partial charge in [-0.25, -0.2) is 4.98 Å². The number of carbonyl (C=O) groups excluding carboxylic acids is 1. The molecule has 0 amide bonds. The van der Waals surface area contributed by atoms with Gasteiger partial charge in [0.05, 0.1) is 10.7 Å². The summed E-state index contributed by atoms with van der Waals surface area (Å²) in [5, 5.41) is 0.567. The Hall–Kier alpha value is -2.79. The monoisotopic (exact) mass is 435 g/mol. The van der Waals surface area contributed by atoms with E-state index in [0.717, 1.165) is 46.6 Å². The number of hydrogen-bond donors (Lipinski definition) is 0. The van der Waals surface area contributed by atoms with Gasteiger partial charge in [-0.05, 0) is 69.9 Å². The van der Waals surface area contributed by atoms with E-state index in [0.29, 0.717) is 28.4 Å². The summed E-state index contributed by atoms with van der Waals surface area (Å²) in [4.78, 5) is 25.7. The number of aromatic nitrogens is 2. The van der Waals surface area contributed by atoms with Crippen molar-refractivity contribution < 1.29 is 9.53 Å². The quantitative estimate of drug-likeness (QED) is 0.390. The minimum atomic E-state index is 0.0501. The highest BCUT2D eigenvalue weighted by molar-refractivity contribution is 6.33. The van der Waals surface area contributed by atoms with Crippen LogP contribution in [0.4, 0.5) is 5.82 Å². The topological polar surface area (TPSA) is 64.4 Å². The Morgan fingerprint density at radius 3 is 2.61 bits per heavy atom. The Balaban J connectivity index is 1.59. The van der Waals surface area contributed by atoms with Gasteiger partial charge in [-0.2, -0.15) is 4.99 Å². The first kappa shape index (κ1) is 21.4. The van der Waals surface area contributed by atoms with E-state index in [4.69, 9.17) is 21.3 Å². The van der Waals surface area contributed by atoms with Crippen molar-refractivity contribution in [3.8, 4) is 11.3 Å². The van der Waals surface area contributed by atoms with E-state index in [2.05, 4.69) is 16.0 Å². The van der Waals surface area contributed by atoms with Gasteiger partial charge < -0.3 is 4.74 Å². The first-order valence-corrected chi connectivity index (χ1v) is 11.0. The molecule has 2 heterocycles. The number of halogens is 1. The van der Waals surface area contributed by atoms with E-state index < -0.39 is 0 Å². The molecule has 2 aromatic heterocycles. The van der Waals surface area contributed by atoms with Crippen LogP contribution in [0.15, 0.2) is 52.4 Å². The SMILES string of the molecule is CC(=O)C1=C(C)CCC(O/C(C)=N/c2nc(-c3ccc(C4CC4)nc3)c(Cl)cc2C)=C1. The zero-order valence-electron chi connectivity index (χ0n) is 18.3. The molecular weight excluding hydrogens is 410 g/mol. The first-order valence-electron chi connectivity index (χ1n) is 10.6. The normalized spacial score (nSPS) is 16.9. The highest BCUT2D eigenvalue weighted by atomic mass is 35.5. The first-order chi connectivity index (χ1) is 14.8. The molecule has 0 atom stereocenters. The Morgan fingerprint density at radius 1 is 1.19 bits per heavy atom. The average Bonchev–Trinajstić information content (AvgIpc) is 3.57. The fourth-order valence-electron chi connectivity index (χ4n) is 3.70. The number of carbonyl (C=O) groups is 1. The van der Waals surface area contributed by atoms with Crippen LogP contribution in [-0.2, 0) is 9.53 Å². The van der Waals surface area contributed by atoms with Gasteiger partial charge in [0.1, 0.15) is 5.76 Å². The molecule has 4 rings (SSSR count). The summed E-state index contributed by atoms with van der Waals surface area (Å²) < 4.78 is 5.94. The van der Waals surface area contributed by atoms with Gasteiger partial charge in [0.2, 0.25) is 0 Å². The molecule has 0 N–H and O–H groups in total. The number of nitrogens with zero attached hydrogens (tertiary/aromatic N) is 3. The zero-order chi connectivity index (χ0) is 22.1. The van der Waals surface area contributed by atoms with Gasteiger partial charge in [0, 0.05) is 42.3 Å². The molecule has 0 spiro atoms. The molecule has 31 heavy (non-hydrogen) atoms. The maximum Gasteiger partial charge on any atom is 0.193 e. The van der Waals surface area contributed by atoms with Crippen molar-refractivity contribution in [1.29, 1.82) is 0 Å². The summed E-state index contributed by atoms with van der Waals surface area (Å²) in [5.74, 6) is 2.42. The van der Waals surface area contributed by atoms with Gasteiger partial charge in [-0.3, -0.25) is 9.78 Å². The lowest BCUT2D eigenvalue weighted by atomic mass is 9.95. The minimum absolute atomic E-state index is 0.0501. The third kappa shape index (κ3) is 4.93. The molecule has 160 valence electrons. The second-order valence-electron chi connectivity index (χ2n) is 8.30. The number of allylic oxidation sites excluding steroid dienone is 4. The fourth-order valence-corrected chi connectivity index (χ4v) is 4.01. The van der Waals surface area contributed by atoms with Crippen LogP contribution >= 0.6 is 11.6 Å². The van der Waals surface area contributed by atoms with E-state index in [1.54, 1.807) is 13.8 Å². The van der Waals surface area contributed by atoms with Gasteiger partial charge >= 0.3 is 0 Å². The molecule has 6 heteroatoms. The molecule has 2 aliphatic carbocycles. The molecule has 2 aromatic rings. The van der Waals surface area contributed by atoms with Crippen LogP contribution in [0.2, 0.25) is 5.02 Å². The molecule has 0 bridgehead atoms. The molecule has 5 nitrogen and oxygen atoms in total. The summed E-state index contributed by atoms with van der Waals surface area (Å²) in [7, 11) is 0. The van der Waals surface area contributed by atoms with Crippen molar-refractivity contribution in [1.82, 2.24) is 9.97 Å². The standard InChI is InChI=1S/C25H26ClN3O2/c1-14-5-9-20(12-21(14)16(3)30)31-17(4)28-25-15(2)11-22(26)24(29-25)19-8-10-23(27-13-19)18-6-7-18/h8,10-13,18H,5-7,9H2,1-4H3/b28-17+. The number of hydrogen-bond acceptors (Lipinski definition) is 5. The number of aryl methyl sites for hydroxylation is 1. The molecule has 1 saturated carbocycles. The second-order valence-corrected chi connectivity index (χ2v) is 8.71. The average molecular weight is 436 g/mol. The van der Waals surface area contributed by atoms with E-state index in [-0.39, 0.29) is 5.78 Å². The van der Waals surface area contributed by atoms with Gasteiger partial charge in [-0.1, -0.05) is 17.2 Å². The smallest absolute Gasteiger partial charge is 0.193 e. The number of rotatable bonds is 5. The summed E-state index contributed by atoms with van der Waals surface area (Å²) >= 11 is 6.49.